The van der Waals surface area contributed by atoms with Crippen LogP contribution in [0.25, 0.3) is 0 Å². The molecule has 0 bridgehead atoms. The molecular formula is C16H22N2O3. The Morgan fingerprint density at radius 2 is 2.24 bits per heavy atom. The molecule has 2 atom stereocenters. The molecule has 1 aliphatic heterocycles. The molecule has 0 saturated carbocycles. The number of nitrogens with zero attached hydrogens (tertiary/aromatic N) is 2. The number of carboxylic acids is 1. The highest BCUT2D eigenvalue weighted by atomic mass is 16.4. The van der Waals surface area contributed by atoms with Crippen molar-refractivity contribution in [2.24, 2.45) is 5.92 Å². The Balaban J connectivity index is 2.44. The number of amides is 1. The average molecular weight is 290 g/mol. The van der Waals surface area contributed by atoms with Gasteiger partial charge < -0.3 is 10.0 Å². The van der Waals surface area contributed by atoms with Gasteiger partial charge in [-0.3, -0.25) is 14.6 Å². The number of aliphatic carboxylic acids is 1. The molecule has 1 aromatic heterocycles. The van der Waals surface area contributed by atoms with Crippen molar-refractivity contribution in [2.45, 2.75) is 45.6 Å². The first-order chi connectivity index (χ1) is 10.0. The van der Waals surface area contributed by atoms with Gasteiger partial charge in [0.1, 0.15) is 0 Å². The summed E-state index contributed by atoms with van der Waals surface area (Å²) in [6, 6.07) is 3.30. The van der Waals surface area contributed by atoms with Crippen LogP contribution in [0.5, 0.6) is 0 Å². The molecule has 5 nitrogen and oxygen atoms in total. The van der Waals surface area contributed by atoms with E-state index in [9.17, 15) is 14.7 Å². The molecule has 0 spiro atoms. The first-order valence-corrected chi connectivity index (χ1v) is 7.49. The summed E-state index contributed by atoms with van der Waals surface area (Å²) in [5.74, 6) is -1.40. The fourth-order valence-electron chi connectivity index (χ4n) is 2.93. The zero-order valence-corrected chi connectivity index (χ0v) is 12.6. The van der Waals surface area contributed by atoms with E-state index in [0.29, 0.717) is 31.5 Å². The van der Waals surface area contributed by atoms with Gasteiger partial charge in [0, 0.05) is 19.2 Å². The van der Waals surface area contributed by atoms with Gasteiger partial charge in [0.15, 0.2) is 0 Å². The number of hydrogen-bond acceptors (Lipinski definition) is 3. The lowest BCUT2D eigenvalue weighted by Gasteiger charge is -2.33. The minimum atomic E-state index is -0.849. The number of carbonyl (C=O) groups is 2. The first-order valence-electron chi connectivity index (χ1n) is 7.49. The van der Waals surface area contributed by atoms with Crippen LogP contribution in [-0.4, -0.2) is 33.4 Å². The largest absolute Gasteiger partial charge is 0.481 e. The average Bonchev–Trinajstić information content (AvgIpc) is 2.61. The molecule has 0 aromatic carbocycles. The second-order valence-corrected chi connectivity index (χ2v) is 5.63. The predicted molar refractivity (Wildman–Crippen MR) is 78.7 cm³/mol. The first kappa shape index (κ1) is 15.5. The Bertz CT molecular complexity index is 513. The molecular weight excluding hydrogens is 268 g/mol. The van der Waals surface area contributed by atoms with Crippen molar-refractivity contribution in [2.75, 3.05) is 6.54 Å². The maximum atomic E-state index is 12.3. The number of hydrogen-bond donors (Lipinski definition) is 1. The van der Waals surface area contributed by atoms with Gasteiger partial charge in [-0.05, 0) is 37.8 Å². The number of carboxylic acid groups (broad SMARTS) is 1. The van der Waals surface area contributed by atoms with E-state index < -0.39 is 17.9 Å². The highest BCUT2D eigenvalue weighted by molar-refractivity contribution is 5.79. The Hall–Kier alpha value is -1.91. The lowest BCUT2D eigenvalue weighted by Crippen LogP contribution is -2.39. The van der Waals surface area contributed by atoms with E-state index in [1.165, 1.54) is 0 Å². The zero-order valence-electron chi connectivity index (χ0n) is 12.6. The molecule has 1 amide bonds. The summed E-state index contributed by atoms with van der Waals surface area (Å²) < 4.78 is 0. The van der Waals surface area contributed by atoms with E-state index in [1.807, 2.05) is 26.0 Å². The summed E-state index contributed by atoms with van der Waals surface area (Å²) in [4.78, 5) is 30.1. The van der Waals surface area contributed by atoms with Crippen molar-refractivity contribution >= 4 is 11.9 Å². The fourth-order valence-corrected chi connectivity index (χ4v) is 2.93. The predicted octanol–water partition coefficient (Wildman–Crippen LogP) is 2.55. The smallest absolute Gasteiger partial charge is 0.309 e. The molecule has 1 saturated heterocycles. The molecule has 21 heavy (non-hydrogen) atoms. The number of pyridine rings is 1. The van der Waals surface area contributed by atoms with Gasteiger partial charge in [0.2, 0.25) is 5.91 Å². The maximum absolute atomic E-state index is 12.3. The summed E-state index contributed by atoms with van der Waals surface area (Å²) in [6.45, 7) is 4.50. The Morgan fingerprint density at radius 3 is 2.81 bits per heavy atom. The second kappa shape index (κ2) is 6.70. The Labute approximate surface area is 125 Å². The van der Waals surface area contributed by atoms with Gasteiger partial charge in [-0.2, -0.15) is 0 Å². The van der Waals surface area contributed by atoms with E-state index in [4.69, 9.17) is 0 Å². The van der Waals surface area contributed by atoms with Crippen LogP contribution in [0, 0.1) is 12.8 Å². The highest BCUT2D eigenvalue weighted by Crippen LogP contribution is 2.35. The summed E-state index contributed by atoms with van der Waals surface area (Å²) in [6.07, 6.45) is 4.10. The quantitative estimate of drug-likeness (QED) is 0.925. The van der Waals surface area contributed by atoms with Crippen LogP contribution >= 0.6 is 0 Å². The third-order valence-electron chi connectivity index (χ3n) is 3.96. The Kier molecular flexibility index (Phi) is 4.94. The van der Waals surface area contributed by atoms with Crippen LogP contribution in [0.2, 0.25) is 0 Å². The summed E-state index contributed by atoms with van der Waals surface area (Å²) in [5.41, 5.74) is 1.70. The van der Waals surface area contributed by atoms with Crippen LogP contribution < -0.4 is 0 Å². The maximum Gasteiger partial charge on any atom is 0.309 e. The third-order valence-corrected chi connectivity index (χ3v) is 3.96. The molecule has 5 heteroatoms. The number of likely N-dealkylation sites (tertiary alicyclic amines) is 1. The van der Waals surface area contributed by atoms with Gasteiger partial charge in [-0.15, -0.1) is 0 Å². The molecule has 1 N–H and O–H groups in total. The van der Waals surface area contributed by atoms with Gasteiger partial charge in [-0.25, -0.2) is 0 Å². The lowest BCUT2D eigenvalue weighted by molar-refractivity contribution is -0.146. The van der Waals surface area contributed by atoms with Gasteiger partial charge >= 0.3 is 5.97 Å². The van der Waals surface area contributed by atoms with E-state index in [1.54, 1.807) is 11.1 Å². The topological polar surface area (TPSA) is 70.5 Å². The fraction of sp³-hybridized carbons (Fsp3) is 0.562. The van der Waals surface area contributed by atoms with Gasteiger partial charge in [0.05, 0.1) is 17.7 Å². The zero-order chi connectivity index (χ0) is 15.4. The van der Waals surface area contributed by atoms with E-state index in [2.05, 4.69) is 4.98 Å². The molecule has 114 valence electrons. The van der Waals surface area contributed by atoms with Crippen molar-refractivity contribution in [3.8, 4) is 0 Å². The molecule has 1 aromatic rings. The van der Waals surface area contributed by atoms with Crippen LogP contribution in [0.4, 0.5) is 0 Å². The normalized spacial score (nSPS) is 23.0. The summed E-state index contributed by atoms with van der Waals surface area (Å²) >= 11 is 0. The summed E-state index contributed by atoms with van der Waals surface area (Å²) in [7, 11) is 0. The van der Waals surface area contributed by atoms with E-state index >= 15 is 0 Å². The van der Waals surface area contributed by atoms with Crippen molar-refractivity contribution in [1.82, 2.24) is 9.88 Å². The highest BCUT2D eigenvalue weighted by Gasteiger charge is 2.38. The minimum Gasteiger partial charge on any atom is -0.481 e. The van der Waals surface area contributed by atoms with Crippen LogP contribution in [0.1, 0.15) is 49.9 Å². The van der Waals surface area contributed by atoms with Crippen molar-refractivity contribution in [1.29, 1.82) is 0 Å². The van der Waals surface area contributed by atoms with E-state index in [0.717, 1.165) is 12.0 Å². The second-order valence-electron chi connectivity index (χ2n) is 5.63. The standard InChI is InChI=1S/C16H22N2O3/c1-3-9-18-14(19)6-4-5-12(16(20)21)15(18)13-8-7-11(2)10-17-13/h7-8,10,12,15H,3-6,9H2,1-2H3,(H,20,21). The molecule has 2 rings (SSSR count). The Morgan fingerprint density at radius 1 is 1.48 bits per heavy atom. The molecule has 1 fully saturated rings. The van der Waals surface area contributed by atoms with Crippen LogP contribution in [0.15, 0.2) is 18.3 Å². The number of aryl methyl sites for hydroxylation is 1. The van der Waals surface area contributed by atoms with Crippen molar-refractivity contribution < 1.29 is 14.7 Å². The van der Waals surface area contributed by atoms with Crippen LogP contribution in [-0.2, 0) is 9.59 Å². The molecule has 0 aliphatic carbocycles. The monoisotopic (exact) mass is 290 g/mol. The number of carbonyl (C=O) groups excluding carboxylic acids is 1. The molecule has 2 unspecified atom stereocenters. The van der Waals surface area contributed by atoms with E-state index in [-0.39, 0.29) is 5.91 Å². The summed E-state index contributed by atoms with van der Waals surface area (Å²) in [5, 5.41) is 9.56. The SMILES string of the molecule is CCCN1C(=O)CCCC(C(=O)O)C1c1ccc(C)cn1. The number of aromatic nitrogens is 1. The van der Waals surface area contributed by atoms with Crippen LogP contribution in [0.3, 0.4) is 0 Å². The molecule has 0 radical (unpaired) electrons. The van der Waals surface area contributed by atoms with Gasteiger partial charge in [0.25, 0.3) is 0 Å². The minimum absolute atomic E-state index is 0.0352. The number of rotatable bonds is 4. The van der Waals surface area contributed by atoms with Gasteiger partial charge in [-0.1, -0.05) is 13.0 Å². The lowest BCUT2D eigenvalue weighted by atomic mass is 9.91. The van der Waals surface area contributed by atoms with Crippen molar-refractivity contribution in [3.05, 3.63) is 29.6 Å². The molecule has 2 heterocycles. The molecule has 1 aliphatic rings. The van der Waals surface area contributed by atoms with Crippen molar-refractivity contribution in [3.63, 3.8) is 0 Å². The third kappa shape index (κ3) is 3.40.